The summed E-state index contributed by atoms with van der Waals surface area (Å²) in [4.78, 5) is 8.58. The average Bonchev–Trinajstić information content (AvgIpc) is 2.83. The van der Waals surface area contributed by atoms with Gasteiger partial charge < -0.3 is 0 Å². The number of hydrogen-bond acceptors (Lipinski definition) is 5. The summed E-state index contributed by atoms with van der Waals surface area (Å²) in [6.45, 7) is 0.684. The second kappa shape index (κ2) is 4.17. The van der Waals surface area contributed by atoms with Gasteiger partial charge in [0.2, 0.25) is 0 Å². The summed E-state index contributed by atoms with van der Waals surface area (Å²) in [5, 5.41) is 8.79. The first-order chi connectivity index (χ1) is 7.66. The summed E-state index contributed by atoms with van der Waals surface area (Å²) in [6, 6.07) is 4.58. The van der Waals surface area contributed by atoms with Crippen LogP contribution in [0.5, 0.6) is 0 Å². The molecule has 0 N–H and O–H groups in total. The fourth-order valence-corrected chi connectivity index (χ4v) is 2.80. The Kier molecular flexibility index (Phi) is 2.87. The maximum atomic E-state index is 12.0. The first-order valence-electron chi connectivity index (χ1n) is 4.67. The molecule has 1 aliphatic rings. The Balaban J connectivity index is 2.47. The lowest BCUT2D eigenvalue weighted by Crippen LogP contribution is -2.27. The second-order valence-corrected chi connectivity index (χ2v) is 4.98. The minimum Gasteiger partial charge on any atom is -0.284 e. The molecule has 0 atom stereocenters. The van der Waals surface area contributed by atoms with Crippen molar-refractivity contribution in [3.05, 3.63) is 24.0 Å². The van der Waals surface area contributed by atoms with Gasteiger partial charge in [-0.1, -0.05) is 4.47 Å². The van der Waals surface area contributed by atoms with Crippen LogP contribution in [0.3, 0.4) is 0 Å². The molecule has 0 spiro atoms. The van der Waals surface area contributed by atoms with E-state index in [-0.39, 0.29) is 10.6 Å². The Bertz CT molecular complexity index is 529. The van der Waals surface area contributed by atoms with Gasteiger partial charge in [0.05, 0.1) is 6.61 Å². The van der Waals surface area contributed by atoms with Crippen molar-refractivity contribution in [2.45, 2.75) is 11.3 Å². The highest BCUT2D eigenvalue weighted by atomic mass is 32.2. The highest BCUT2D eigenvalue weighted by Crippen LogP contribution is 2.21. The lowest BCUT2D eigenvalue weighted by molar-refractivity contribution is -0.0284. The summed E-state index contributed by atoms with van der Waals surface area (Å²) in [6.07, 6.45) is 2.03. The third-order valence-corrected chi connectivity index (χ3v) is 3.85. The van der Waals surface area contributed by atoms with Crippen molar-refractivity contribution >= 4 is 10.0 Å². The molecular formula is C9H9N3O3S. The minimum absolute atomic E-state index is 0.112. The Hall–Kier alpha value is -1.49. The van der Waals surface area contributed by atoms with Gasteiger partial charge in [-0.2, -0.15) is 5.26 Å². The Labute approximate surface area is 93.1 Å². The zero-order valence-corrected chi connectivity index (χ0v) is 9.14. The van der Waals surface area contributed by atoms with Crippen LogP contribution in [0, 0.1) is 11.3 Å². The van der Waals surface area contributed by atoms with Crippen molar-refractivity contribution in [2.24, 2.45) is 0 Å². The summed E-state index contributed by atoms with van der Waals surface area (Å²) in [7, 11) is -3.76. The normalized spacial score (nSPS) is 17.2. The molecule has 6 nitrogen and oxygen atoms in total. The molecule has 0 saturated carbocycles. The fourth-order valence-electron chi connectivity index (χ4n) is 1.41. The molecule has 16 heavy (non-hydrogen) atoms. The second-order valence-electron chi connectivity index (χ2n) is 3.18. The van der Waals surface area contributed by atoms with Crippen LogP contribution in [0.1, 0.15) is 12.1 Å². The Morgan fingerprint density at radius 3 is 3.00 bits per heavy atom. The standard InChI is InChI=1S/C9H9N3O3S/c10-7-8-9(3-1-4-11-8)16(13,14)12-5-2-6-15-12/h1,3-4H,2,5-6H2. The van der Waals surface area contributed by atoms with E-state index in [1.807, 2.05) is 0 Å². The van der Waals surface area contributed by atoms with Gasteiger partial charge in [-0.05, 0) is 18.6 Å². The molecule has 7 heteroatoms. The predicted molar refractivity (Wildman–Crippen MR) is 53.4 cm³/mol. The maximum Gasteiger partial charge on any atom is 0.267 e. The first kappa shape index (κ1) is 11.0. The van der Waals surface area contributed by atoms with E-state index in [1.54, 1.807) is 6.07 Å². The molecule has 84 valence electrons. The topological polar surface area (TPSA) is 83.3 Å². The van der Waals surface area contributed by atoms with E-state index in [0.29, 0.717) is 19.6 Å². The van der Waals surface area contributed by atoms with Gasteiger partial charge in [0.15, 0.2) is 5.69 Å². The van der Waals surface area contributed by atoms with Crippen molar-refractivity contribution in [1.29, 1.82) is 5.26 Å². The molecular weight excluding hydrogens is 230 g/mol. The van der Waals surface area contributed by atoms with E-state index in [1.165, 1.54) is 18.3 Å². The Morgan fingerprint density at radius 2 is 2.38 bits per heavy atom. The number of nitrogens with zero attached hydrogens (tertiary/aromatic N) is 3. The number of hydroxylamine groups is 1. The smallest absolute Gasteiger partial charge is 0.267 e. The summed E-state index contributed by atoms with van der Waals surface area (Å²) in [5.41, 5.74) is -0.113. The number of nitriles is 1. The number of hydrogen-bond donors (Lipinski definition) is 0. The monoisotopic (exact) mass is 239 g/mol. The number of pyridine rings is 1. The van der Waals surface area contributed by atoms with Crippen LogP contribution >= 0.6 is 0 Å². The molecule has 0 aliphatic carbocycles. The largest absolute Gasteiger partial charge is 0.284 e. The molecule has 1 aromatic rings. The summed E-state index contributed by atoms with van der Waals surface area (Å²) >= 11 is 0. The third-order valence-electron chi connectivity index (χ3n) is 2.14. The molecule has 0 radical (unpaired) electrons. The first-order valence-corrected chi connectivity index (χ1v) is 6.11. The van der Waals surface area contributed by atoms with E-state index < -0.39 is 10.0 Å². The van der Waals surface area contributed by atoms with Crippen molar-refractivity contribution < 1.29 is 13.3 Å². The number of sulfonamides is 1. The lowest BCUT2D eigenvalue weighted by Gasteiger charge is -2.14. The quantitative estimate of drug-likeness (QED) is 0.740. The molecule has 1 aliphatic heterocycles. The molecule has 0 amide bonds. The zero-order chi connectivity index (χ0) is 11.6. The molecule has 1 aromatic heterocycles. The Morgan fingerprint density at radius 1 is 1.56 bits per heavy atom. The number of rotatable bonds is 2. The van der Waals surface area contributed by atoms with Crippen LogP contribution in [0.4, 0.5) is 0 Å². The summed E-state index contributed by atoms with van der Waals surface area (Å²) in [5.74, 6) is 0. The van der Waals surface area contributed by atoms with Crippen LogP contribution in [-0.2, 0) is 14.9 Å². The maximum absolute atomic E-state index is 12.0. The van der Waals surface area contributed by atoms with E-state index in [2.05, 4.69) is 4.98 Å². The van der Waals surface area contributed by atoms with Crippen LogP contribution in [0.2, 0.25) is 0 Å². The predicted octanol–water partition coefficient (Wildman–Crippen LogP) is 0.279. The van der Waals surface area contributed by atoms with Gasteiger partial charge in [0.1, 0.15) is 11.0 Å². The van der Waals surface area contributed by atoms with Crippen LogP contribution < -0.4 is 0 Å². The van der Waals surface area contributed by atoms with Crippen LogP contribution in [0.25, 0.3) is 0 Å². The highest BCUT2D eigenvalue weighted by Gasteiger charge is 2.31. The van der Waals surface area contributed by atoms with E-state index in [4.69, 9.17) is 10.1 Å². The molecule has 1 fully saturated rings. The van der Waals surface area contributed by atoms with Gasteiger partial charge >= 0.3 is 0 Å². The highest BCUT2D eigenvalue weighted by molar-refractivity contribution is 7.89. The van der Waals surface area contributed by atoms with Crippen LogP contribution in [0.15, 0.2) is 23.2 Å². The van der Waals surface area contributed by atoms with Gasteiger partial charge in [-0.15, -0.1) is 0 Å². The van der Waals surface area contributed by atoms with Crippen molar-refractivity contribution in [3.63, 3.8) is 0 Å². The zero-order valence-electron chi connectivity index (χ0n) is 8.33. The van der Waals surface area contributed by atoms with Crippen LogP contribution in [-0.4, -0.2) is 31.0 Å². The number of aromatic nitrogens is 1. The van der Waals surface area contributed by atoms with Gasteiger partial charge in [-0.3, -0.25) is 4.84 Å². The van der Waals surface area contributed by atoms with Gasteiger partial charge in [0.25, 0.3) is 10.0 Å². The van der Waals surface area contributed by atoms with Crippen molar-refractivity contribution in [2.75, 3.05) is 13.2 Å². The molecule has 0 unspecified atom stereocenters. The summed E-state index contributed by atoms with van der Waals surface area (Å²) < 4.78 is 25.0. The van der Waals surface area contributed by atoms with E-state index >= 15 is 0 Å². The van der Waals surface area contributed by atoms with E-state index in [0.717, 1.165) is 4.47 Å². The molecule has 0 bridgehead atoms. The average molecular weight is 239 g/mol. The van der Waals surface area contributed by atoms with Gasteiger partial charge in [-0.25, -0.2) is 13.4 Å². The fraction of sp³-hybridized carbons (Fsp3) is 0.333. The van der Waals surface area contributed by atoms with Crippen molar-refractivity contribution in [3.8, 4) is 6.07 Å². The third kappa shape index (κ3) is 1.78. The SMILES string of the molecule is N#Cc1ncccc1S(=O)(=O)N1CCCO1. The van der Waals surface area contributed by atoms with E-state index in [9.17, 15) is 8.42 Å². The molecule has 0 aromatic carbocycles. The van der Waals surface area contributed by atoms with Crippen molar-refractivity contribution in [1.82, 2.24) is 9.45 Å². The lowest BCUT2D eigenvalue weighted by atomic mass is 10.4. The molecule has 2 rings (SSSR count). The minimum atomic E-state index is -3.76. The molecule has 2 heterocycles. The van der Waals surface area contributed by atoms with Gasteiger partial charge in [0, 0.05) is 12.7 Å². The molecule has 1 saturated heterocycles.